The smallest absolute Gasteiger partial charge is 0.322 e. The summed E-state index contributed by atoms with van der Waals surface area (Å²) < 4.78 is 4.56. The van der Waals surface area contributed by atoms with Gasteiger partial charge in [-0.1, -0.05) is 11.6 Å². The fraction of sp³-hybridized carbons (Fsp3) is 0.364. The summed E-state index contributed by atoms with van der Waals surface area (Å²) in [6.07, 6.45) is 0. The van der Waals surface area contributed by atoms with Crippen molar-refractivity contribution in [2.45, 2.75) is 19.5 Å². The summed E-state index contributed by atoms with van der Waals surface area (Å²) in [5, 5.41) is 13.0. The third-order valence-electron chi connectivity index (χ3n) is 2.19. The summed E-state index contributed by atoms with van der Waals surface area (Å²) in [5.41, 5.74) is 0.642. The minimum atomic E-state index is -0.427. The van der Waals surface area contributed by atoms with E-state index < -0.39 is 6.04 Å². The fourth-order valence-corrected chi connectivity index (χ4v) is 1.41. The molecule has 0 unspecified atom stereocenters. The predicted octanol–water partition coefficient (Wildman–Crippen LogP) is 1.70. The van der Waals surface area contributed by atoms with Crippen LogP contribution < -0.4 is 5.32 Å². The topological polar surface area (TPSA) is 58.6 Å². The Bertz CT molecular complexity index is 381. The van der Waals surface area contributed by atoms with E-state index in [1.54, 1.807) is 19.1 Å². The van der Waals surface area contributed by atoms with Crippen molar-refractivity contribution in [1.82, 2.24) is 5.32 Å². The van der Waals surface area contributed by atoms with Gasteiger partial charge in [0.1, 0.15) is 11.8 Å². The highest BCUT2D eigenvalue weighted by atomic mass is 35.5. The molecular formula is C11H14ClNO3. The maximum absolute atomic E-state index is 11.1. The highest BCUT2D eigenvalue weighted by Crippen LogP contribution is 2.21. The van der Waals surface area contributed by atoms with Crippen LogP contribution in [-0.2, 0) is 16.1 Å². The zero-order chi connectivity index (χ0) is 12.1. The van der Waals surface area contributed by atoms with Crippen LogP contribution in [0.15, 0.2) is 18.2 Å². The quantitative estimate of drug-likeness (QED) is 0.791. The second-order valence-corrected chi connectivity index (χ2v) is 3.84. The number of benzene rings is 1. The fourth-order valence-electron chi connectivity index (χ4n) is 1.22. The van der Waals surface area contributed by atoms with Crippen LogP contribution in [0.25, 0.3) is 0 Å². The number of phenols is 1. The van der Waals surface area contributed by atoms with Gasteiger partial charge >= 0.3 is 5.97 Å². The normalized spacial score (nSPS) is 12.2. The first-order valence-corrected chi connectivity index (χ1v) is 5.21. The van der Waals surface area contributed by atoms with Gasteiger partial charge in [-0.25, -0.2) is 0 Å². The Morgan fingerprint density at radius 2 is 2.31 bits per heavy atom. The number of hydrogen-bond donors (Lipinski definition) is 2. The van der Waals surface area contributed by atoms with E-state index in [0.29, 0.717) is 17.1 Å². The lowest BCUT2D eigenvalue weighted by molar-refractivity contribution is -0.142. The second-order valence-electron chi connectivity index (χ2n) is 3.40. The van der Waals surface area contributed by atoms with E-state index in [4.69, 9.17) is 11.6 Å². The molecule has 0 fully saturated rings. The minimum Gasteiger partial charge on any atom is -0.508 e. The number of halogens is 1. The molecule has 0 saturated heterocycles. The van der Waals surface area contributed by atoms with Gasteiger partial charge in [-0.3, -0.25) is 4.79 Å². The van der Waals surface area contributed by atoms with Gasteiger partial charge < -0.3 is 15.2 Å². The van der Waals surface area contributed by atoms with Crippen LogP contribution in [0.2, 0.25) is 5.02 Å². The van der Waals surface area contributed by atoms with Crippen molar-refractivity contribution in [2.24, 2.45) is 0 Å². The van der Waals surface area contributed by atoms with Gasteiger partial charge in [-0.05, 0) is 25.1 Å². The Morgan fingerprint density at radius 1 is 1.62 bits per heavy atom. The molecule has 0 saturated carbocycles. The molecule has 0 aliphatic carbocycles. The molecule has 2 N–H and O–H groups in total. The minimum absolute atomic E-state index is 0.147. The molecule has 0 aromatic heterocycles. The van der Waals surface area contributed by atoms with Crippen molar-refractivity contribution >= 4 is 17.6 Å². The number of ether oxygens (including phenoxy) is 1. The maximum Gasteiger partial charge on any atom is 0.322 e. The number of rotatable bonds is 4. The van der Waals surface area contributed by atoms with Crippen molar-refractivity contribution in [3.8, 4) is 5.75 Å². The van der Waals surface area contributed by atoms with E-state index in [9.17, 15) is 9.90 Å². The number of carbonyl (C=O) groups is 1. The summed E-state index contributed by atoms with van der Waals surface area (Å²) >= 11 is 5.79. The van der Waals surface area contributed by atoms with Crippen molar-refractivity contribution < 1.29 is 14.6 Å². The van der Waals surface area contributed by atoms with Crippen LogP contribution in [0.3, 0.4) is 0 Å². The van der Waals surface area contributed by atoms with Crippen LogP contribution in [-0.4, -0.2) is 24.2 Å². The Labute approximate surface area is 99.2 Å². The van der Waals surface area contributed by atoms with E-state index in [0.717, 1.165) is 0 Å². The lowest BCUT2D eigenvalue weighted by Gasteiger charge is -2.12. The van der Waals surface area contributed by atoms with E-state index >= 15 is 0 Å². The standard InChI is InChI=1S/C11H14ClNO3/c1-7(11(15)16-2)13-6-8-5-9(12)3-4-10(8)14/h3-5,7,13-14H,6H2,1-2H3/t7-/m0/s1. The molecule has 0 amide bonds. The molecule has 0 aliphatic rings. The molecule has 1 rings (SSSR count). The number of esters is 1. The van der Waals surface area contributed by atoms with Crippen LogP contribution >= 0.6 is 11.6 Å². The first-order chi connectivity index (χ1) is 7.54. The van der Waals surface area contributed by atoms with E-state index in [1.165, 1.54) is 13.2 Å². The van der Waals surface area contributed by atoms with Gasteiger partial charge in [-0.15, -0.1) is 0 Å². The molecule has 4 nitrogen and oxygen atoms in total. The molecule has 1 aromatic rings. The van der Waals surface area contributed by atoms with Crippen LogP contribution in [0, 0.1) is 0 Å². The zero-order valence-electron chi connectivity index (χ0n) is 9.16. The summed E-state index contributed by atoms with van der Waals surface area (Å²) in [7, 11) is 1.33. The third-order valence-corrected chi connectivity index (χ3v) is 2.43. The van der Waals surface area contributed by atoms with Gasteiger partial charge in [0.15, 0.2) is 0 Å². The van der Waals surface area contributed by atoms with Crippen molar-refractivity contribution in [3.63, 3.8) is 0 Å². The number of carbonyl (C=O) groups excluding carboxylic acids is 1. The molecule has 88 valence electrons. The number of nitrogens with one attached hydrogen (secondary N) is 1. The monoisotopic (exact) mass is 243 g/mol. The second kappa shape index (κ2) is 5.72. The van der Waals surface area contributed by atoms with E-state index in [2.05, 4.69) is 10.1 Å². The molecule has 0 radical (unpaired) electrons. The summed E-state index contributed by atoms with van der Waals surface area (Å²) in [6, 6.07) is 4.34. The number of methoxy groups -OCH3 is 1. The number of phenolic OH excluding ortho intramolecular Hbond substituents is 1. The predicted molar refractivity (Wildman–Crippen MR) is 61.4 cm³/mol. The summed E-state index contributed by atoms with van der Waals surface area (Å²) in [5.74, 6) is -0.199. The lowest BCUT2D eigenvalue weighted by Crippen LogP contribution is -2.34. The largest absolute Gasteiger partial charge is 0.508 e. The molecule has 0 spiro atoms. The van der Waals surface area contributed by atoms with Crippen molar-refractivity contribution in [1.29, 1.82) is 0 Å². The number of hydrogen-bond acceptors (Lipinski definition) is 4. The number of aromatic hydroxyl groups is 1. The Morgan fingerprint density at radius 3 is 2.94 bits per heavy atom. The average molecular weight is 244 g/mol. The molecular weight excluding hydrogens is 230 g/mol. The average Bonchev–Trinajstić information content (AvgIpc) is 2.28. The van der Waals surface area contributed by atoms with E-state index in [-0.39, 0.29) is 11.7 Å². The summed E-state index contributed by atoms with van der Waals surface area (Å²) in [6.45, 7) is 2.04. The zero-order valence-corrected chi connectivity index (χ0v) is 9.91. The molecule has 0 bridgehead atoms. The molecule has 1 atom stereocenters. The van der Waals surface area contributed by atoms with Crippen molar-refractivity contribution in [3.05, 3.63) is 28.8 Å². The van der Waals surface area contributed by atoms with Crippen LogP contribution in [0.1, 0.15) is 12.5 Å². The maximum atomic E-state index is 11.1. The van der Waals surface area contributed by atoms with Gasteiger partial charge in [0.25, 0.3) is 0 Å². The van der Waals surface area contributed by atoms with E-state index in [1.807, 2.05) is 0 Å². The van der Waals surface area contributed by atoms with Gasteiger partial charge in [0, 0.05) is 17.1 Å². The lowest BCUT2D eigenvalue weighted by atomic mass is 10.2. The Hall–Kier alpha value is -1.26. The van der Waals surface area contributed by atoms with Crippen LogP contribution in [0.5, 0.6) is 5.75 Å². The molecule has 0 heterocycles. The first kappa shape index (κ1) is 12.8. The van der Waals surface area contributed by atoms with Crippen molar-refractivity contribution in [2.75, 3.05) is 7.11 Å². The molecule has 0 aliphatic heterocycles. The molecule has 5 heteroatoms. The Kier molecular flexibility index (Phi) is 4.58. The molecule has 1 aromatic carbocycles. The SMILES string of the molecule is COC(=O)[C@H](C)NCc1cc(Cl)ccc1O. The first-order valence-electron chi connectivity index (χ1n) is 4.83. The third kappa shape index (κ3) is 3.40. The Balaban J connectivity index is 2.60. The summed E-state index contributed by atoms with van der Waals surface area (Å²) in [4.78, 5) is 11.1. The highest BCUT2D eigenvalue weighted by Gasteiger charge is 2.12. The highest BCUT2D eigenvalue weighted by molar-refractivity contribution is 6.30. The molecule has 16 heavy (non-hydrogen) atoms. The van der Waals surface area contributed by atoms with Gasteiger partial charge in [-0.2, -0.15) is 0 Å². The van der Waals surface area contributed by atoms with Crippen LogP contribution in [0.4, 0.5) is 0 Å². The van der Waals surface area contributed by atoms with Gasteiger partial charge in [0.2, 0.25) is 0 Å². The van der Waals surface area contributed by atoms with Gasteiger partial charge in [0.05, 0.1) is 7.11 Å².